The van der Waals surface area contributed by atoms with Gasteiger partial charge >= 0.3 is 0 Å². The molecule has 0 radical (unpaired) electrons. The third-order valence-corrected chi connectivity index (χ3v) is 3.50. The smallest absolute Gasteiger partial charge is 0.163 e. The highest BCUT2D eigenvalue weighted by Gasteiger charge is 2.10. The lowest BCUT2D eigenvalue weighted by molar-refractivity contribution is 0.0978. The van der Waals surface area contributed by atoms with Crippen LogP contribution in [0.1, 0.15) is 59.2 Å². The molecule has 0 aliphatic carbocycles. The standard InChI is InChI=1S/C16H25NO/c1-12-10-14(3)15(11-13(12)2)16(18)8-6-4-5-7-9-17/h10-11H,4-9,17H2,1-3H3. The van der Waals surface area contributed by atoms with Gasteiger partial charge in [0.15, 0.2) is 5.78 Å². The van der Waals surface area contributed by atoms with Crippen molar-refractivity contribution in [3.8, 4) is 0 Å². The van der Waals surface area contributed by atoms with Gasteiger partial charge in [-0.2, -0.15) is 0 Å². The average molecular weight is 247 g/mol. The molecule has 1 aromatic carbocycles. The van der Waals surface area contributed by atoms with Crippen molar-refractivity contribution in [2.24, 2.45) is 5.73 Å². The quantitative estimate of drug-likeness (QED) is 0.589. The molecular weight excluding hydrogens is 222 g/mol. The number of aryl methyl sites for hydroxylation is 3. The van der Waals surface area contributed by atoms with Crippen LogP contribution in [0.3, 0.4) is 0 Å². The summed E-state index contributed by atoms with van der Waals surface area (Å²) in [6, 6.07) is 4.14. The predicted molar refractivity (Wildman–Crippen MR) is 77.1 cm³/mol. The molecule has 0 fully saturated rings. The maximum atomic E-state index is 12.1. The number of benzene rings is 1. The van der Waals surface area contributed by atoms with Crippen LogP contribution in [0, 0.1) is 20.8 Å². The minimum atomic E-state index is 0.281. The summed E-state index contributed by atoms with van der Waals surface area (Å²) < 4.78 is 0. The molecule has 0 saturated carbocycles. The zero-order valence-corrected chi connectivity index (χ0v) is 11.9. The first-order valence-electron chi connectivity index (χ1n) is 6.87. The highest BCUT2D eigenvalue weighted by atomic mass is 16.1. The van der Waals surface area contributed by atoms with E-state index < -0.39 is 0 Å². The number of hydrogen-bond donors (Lipinski definition) is 1. The minimum Gasteiger partial charge on any atom is -0.330 e. The van der Waals surface area contributed by atoms with Gasteiger partial charge < -0.3 is 5.73 Å². The van der Waals surface area contributed by atoms with Gasteiger partial charge in [0.05, 0.1) is 0 Å². The molecule has 2 nitrogen and oxygen atoms in total. The van der Waals surface area contributed by atoms with Crippen LogP contribution in [0.25, 0.3) is 0 Å². The number of carbonyl (C=O) groups is 1. The summed E-state index contributed by atoms with van der Waals surface area (Å²) >= 11 is 0. The number of carbonyl (C=O) groups excluding carboxylic acids is 1. The van der Waals surface area contributed by atoms with Gasteiger partial charge in [0.25, 0.3) is 0 Å². The predicted octanol–water partition coefficient (Wildman–Crippen LogP) is 3.70. The summed E-state index contributed by atoms with van der Waals surface area (Å²) in [5, 5.41) is 0. The monoisotopic (exact) mass is 247 g/mol. The van der Waals surface area contributed by atoms with E-state index in [-0.39, 0.29) is 5.78 Å². The molecule has 0 aliphatic rings. The van der Waals surface area contributed by atoms with Crippen LogP contribution >= 0.6 is 0 Å². The Bertz CT molecular complexity index is 410. The molecule has 0 heterocycles. The van der Waals surface area contributed by atoms with Crippen LogP contribution in [0.2, 0.25) is 0 Å². The molecule has 0 unspecified atom stereocenters. The largest absolute Gasteiger partial charge is 0.330 e. The van der Waals surface area contributed by atoms with Crippen molar-refractivity contribution < 1.29 is 4.79 Å². The van der Waals surface area contributed by atoms with Crippen LogP contribution in [0.5, 0.6) is 0 Å². The third-order valence-electron chi connectivity index (χ3n) is 3.50. The van der Waals surface area contributed by atoms with Gasteiger partial charge in [0, 0.05) is 12.0 Å². The Balaban J connectivity index is 2.54. The molecular formula is C16H25NO. The van der Waals surface area contributed by atoms with E-state index in [4.69, 9.17) is 5.73 Å². The summed E-state index contributed by atoms with van der Waals surface area (Å²) in [6.07, 6.45) is 4.94. The van der Waals surface area contributed by atoms with Crippen molar-refractivity contribution in [2.45, 2.75) is 52.9 Å². The first-order valence-corrected chi connectivity index (χ1v) is 6.87. The number of unbranched alkanes of at least 4 members (excludes halogenated alkanes) is 3. The lowest BCUT2D eigenvalue weighted by atomic mass is 9.95. The Morgan fingerprint density at radius 1 is 0.944 bits per heavy atom. The molecule has 0 saturated heterocycles. The van der Waals surface area contributed by atoms with Crippen LogP contribution < -0.4 is 5.73 Å². The molecule has 2 N–H and O–H groups in total. The van der Waals surface area contributed by atoms with Crippen LogP contribution in [-0.2, 0) is 0 Å². The van der Waals surface area contributed by atoms with Gasteiger partial charge in [-0.05, 0) is 62.9 Å². The third kappa shape index (κ3) is 4.26. The van der Waals surface area contributed by atoms with Gasteiger partial charge in [-0.3, -0.25) is 4.79 Å². The van der Waals surface area contributed by atoms with Crippen molar-refractivity contribution in [2.75, 3.05) is 6.54 Å². The lowest BCUT2D eigenvalue weighted by Crippen LogP contribution is -2.03. The zero-order valence-electron chi connectivity index (χ0n) is 11.9. The van der Waals surface area contributed by atoms with E-state index >= 15 is 0 Å². The van der Waals surface area contributed by atoms with Crippen molar-refractivity contribution in [1.82, 2.24) is 0 Å². The van der Waals surface area contributed by atoms with Crippen molar-refractivity contribution in [3.05, 3.63) is 34.4 Å². The first kappa shape index (κ1) is 14.9. The van der Waals surface area contributed by atoms with E-state index in [1.165, 1.54) is 11.1 Å². The molecule has 0 amide bonds. The number of nitrogens with two attached hydrogens (primary N) is 1. The van der Waals surface area contributed by atoms with Crippen molar-refractivity contribution in [3.63, 3.8) is 0 Å². The fourth-order valence-electron chi connectivity index (χ4n) is 2.18. The van der Waals surface area contributed by atoms with Gasteiger partial charge in [-0.1, -0.05) is 18.9 Å². The van der Waals surface area contributed by atoms with Gasteiger partial charge in [-0.15, -0.1) is 0 Å². The summed E-state index contributed by atoms with van der Waals surface area (Å²) in [4.78, 5) is 12.1. The second-order valence-corrected chi connectivity index (χ2v) is 5.13. The van der Waals surface area contributed by atoms with Crippen LogP contribution in [0.15, 0.2) is 12.1 Å². The molecule has 1 rings (SSSR count). The van der Waals surface area contributed by atoms with Gasteiger partial charge in [0.1, 0.15) is 0 Å². The Kier molecular flexibility index (Phi) is 6.06. The summed E-state index contributed by atoms with van der Waals surface area (Å²) in [7, 11) is 0. The van der Waals surface area contributed by atoms with Gasteiger partial charge in [0.2, 0.25) is 0 Å². The molecule has 1 aromatic rings. The highest BCUT2D eigenvalue weighted by Crippen LogP contribution is 2.18. The SMILES string of the molecule is Cc1cc(C)c(C(=O)CCCCCCN)cc1C. The molecule has 2 heteroatoms. The maximum Gasteiger partial charge on any atom is 0.163 e. The number of rotatable bonds is 7. The molecule has 0 aromatic heterocycles. The summed E-state index contributed by atoms with van der Waals surface area (Å²) in [5.41, 5.74) is 9.90. The van der Waals surface area contributed by atoms with Crippen molar-refractivity contribution in [1.29, 1.82) is 0 Å². The second kappa shape index (κ2) is 7.32. The molecule has 0 bridgehead atoms. The Morgan fingerprint density at radius 2 is 1.56 bits per heavy atom. The van der Waals surface area contributed by atoms with Crippen LogP contribution in [-0.4, -0.2) is 12.3 Å². The summed E-state index contributed by atoms with van der Waals surface area (Å²) in [6.45, 7) is 6.93. The number of Topliss-reactive ketones (excluding diaryl/α,β-unsaturated/α-hetero) is 1. The van der Waals surface area contributed by atoms with E-state index in [0.29, 0.717) is 6.42 Å². The average Bonchev–Trinajstić information content (AvgIpc) is 2.33. The zero-order chi connectivity index (χ0) is 13.5. The molecule has 0 aliphatic heterocycles. The number of ketones is 1. The maximum absolute atomic E-state index is 12.1. The molecule has 0 atom stereocenters. The van der Waals surface area contributed by atoms with E-state index in [9.17, 15) is 4.79 Å². The van der Waals surface area contributed by atoms with E-state index in [1.54, 1.807) is 0 Å². The topological polar surface area (TPSA) is 43.1 Å². The minimum absolute atomic E-state index is 0.281. The van der Waals surface area contributed by atoms with E-state index in [2.05, 4.69) is 19.9 Å². The van der Waals surface area contributed by atoms with Crippen LogP contribution in [0.4, 0.5) is 0 Å². The van der Waals surface area contributed by atoms with Crippen molar-refractivity contribution >= 4 is 5.78 Å². The highest BCUT2D eigenvalue weighted by molar-refractivity contribution is 5.97. The van der Waals surface area contributed by atoms with E-state index in [1.807, 2.05) is 13.0 Å². The normalized spacial score (nSPS) is 10.7. The first-order chi connectivity index (χ1) is 8.56. The number of hydrogen-bond acceptors (Lipinski definition) is 2. The Labute approximate surface area is 111 Å². The molecule has 18 heavy (non-hydrogen) atoms. The Hall–Kier alpha value is -1.15. The fourth-order valence-corrected chi connectivity index (χ4v) is 2.18. The fraction of sp³-hybridized carbons (Fsp3) is 0.562. The lowest BCUT2D eigenvalue weighted by Gasteiger charge is -2.09. The molecule has 0 spiro atoms. The summed E-state index contributed by atoms with van der Waals surface area (Å²) in [5.74, 6) is 0.281. The Morgan fingerprint density at radius 3 is 2.22 bits per heavy atom. The molecule has 100 valence electrons. The second-order valence-electron chi connectivity index (χ2n) is 5.13. The van der Waals surface area contributed by atoms with Gasteiger partial charge in [-0.25, -0.2) is 0 Å². The van der Waals surface area contributed by atoms with E-state index in [0.717, 1.165) is 43.4 Å².